The smallest absolute Gasteiger partial charge is 0.191 e. The van der Waals surface area contributed by atoms with Gasteiger partial charge in [0.2, 0.25) is 0 Å². The summed E-state index contributed by atoms with van der Waals surface area (Å²) in [5.74, 6) is 1.39. The van der Waals surface area contributed by atoms with Crippen molar-refractivity contribution in [1.29, 1.82) is 0 Å². The van der Waals surface area contributed by atoms with Crippen LogP contribution in [0.15, 0.2) is 41.7 Å². The molecule has 1 atom stereocenters. The van der Waals surface area contributed by atoms with Gasteiger partial charge in [-0.15, -0.1) is 0 Å². The molecular formula is C24H38N6O. The van der Waals surface area contributed by atoms with Gasteiger partial charge in [0.15, 0.2) is 5.96 Å². The molecule has 1 saturated heterocycles. The third-order valence-corrected chi connectivity index (χ3v) is 6.01. The van der Waals surface area contributed by atoms with E-state index >= 15 is 0 Å². The number of nitrogens with zero attached hydrogens (tertiary/aromatic N) is 4. The molecule has 2 heterocycles. The van der Waals surface area contributed by atoms with E-state index in [4.69, 9.17) is 0 Å². The van der Waals surface area contributed by atoms with Gasteiger partial charge in [0, 0.05) is 38.4 Å². The van der Waals surface area contributed by atoms with Gasteiger partial charge >= 0.3 is 0 Å². The van der Waals surface area contributed by atoms with Gasteiger partial charge in [-0.05, 0) is 58.2 Å². The molecule has 0 aliphatic carbocycles. The molecule has 7 heteroatoms. The van der Waals surface area contributed by atoms with Crippen molar-refractivity contribution >= 4 is 5.96 Å². The minimum atomic E-state index is -1.04. The number of likely N-dealkylation sites (tertiary alicyclic amines) is 1. The minimum absolute atomic E-state index is 0.281. The van der Waals surface area contributed by atoms with E-state index in [1.54, 1.807) is 17.8 Å². The van der Waals surface area contributed by atoms with Crippen molar-refractivity contribution in [3.8, 4) is 0 Å². The average molecular weight is 427 g/mol. The number of benzene rings is 1. The van der Waals surface area contributed by atoms with Crippen LogP contribution < -0.4 is 10.6 Å². The van der Waals surface area contributed by atoms with Crippen LogP contribution in [0.2, 0.25) is 0 Å². The van der Waals surface area contributed by atoms with E-state index in [-0.39, 0.29) is 6.54 Å². The van der Waals surface area contributed by atoms with Crippen molar-refractivity contribution in [2.24, 2.45) is 18.0 Å². The Hall–Kier alpha value is -2.38. The maximum atomic E-state index is 10.8. The Morgan fingerprint density at radius 2 is 1.94 bits per heavy atom. The van der Waals surface area contributed by atoms with Gasteiger partial charge in [0.25, 0.3) is 0 Å². The van der Waals surface area contributed by atoms with Crippen molar-refractivity contribution in [3.63, 3.8) is 0 Å². The van der Waals surface area contributed by atoms with E-state index in [0.717, 1.165) is 44.2 Å². The van der Waals surface area contributed by atoms with E-state index in [1.807, 2.05) is 13.2 Å². The third kappa shape index (κ3) is 7.08. The number of rotatable bonds is 8. The summed E-state index contributed by atoms with van der Waals surface area (Å²) in [6.07, 6.45) is 5.90. The first-order chi connectivity index (χ1) is 14.9. The Bertz CT molecular complexity index is 834. The summed E-state index contributed by atoms with van der Waals surface area (Å²) >= 11 is 0. The zero-order chi connectivity index (χ0) is 22.3. The predicted octanol–water partition coefficient (Wildman–Crippen LogP) is 2.40. The standard InChI is InChI=1S/C24H38N6O/c1-5-25-23(27-18-24(3,31)22-15-28-29(4)17-22)26-14-20-10-12-30(13-11-20)16-21-8-6-19(2)7-9-21/h6-9,15,17,20,31H,5,10-14,16,18H2,1-4H3,(H2,25,26,27). The first-order valence-corrected chi connectivity index (χ1v) is 11.4. The molecule has 1 aromatic heterocycles. The van der Waals surface area contributed by atoms with Gasteiger partial charge in [-0.1, -0.05) is 29.8 Å². The number of aliphatic hydroxyl groups is 1. The molecule has 1 aliphatic heterocycles. The van der Waals surface area contributed by atoms with Crippen molar-refractivity contribution in [3.05, 3.63) is 53.3 Å². The fourth-order valence-electron chi connectivity index (χ4n) is 3.91. The summed E-state index contributed by atoms with van der Waals surface area (Å²) in [5, 5.41) is 21.7. The van der Waals surface area contributed by atoms with Crippen LogP contribution in [0.1, 0.15) is 43.4 Å². The Labute approximate surface area is 186 Å². The second kappa shape index (κ2) is 10.8. The molecule has 0 bridgehead atoms. The summed E-state index contributed by atoms with van der Waals surface area (Å²) in [5.41, 5.74) is 2.44. The molecule has 1 unspecified atom stereocenters. The summed E-state index contributed by atoms with van der Waals surface area (Å²) in [6.45, 7) is 11.2. The molecule has 0 saturated carbocycles. The fourth-order valence-corrected chi connectivity index (χ4v) is 3.91. The second-order valence-corrected chi connectivity index (χ2v) is 8.96. The number of guanidine groups is 1. The lowest BCUT2D eigenvalue weighted by molar-refractivity contribution is 0.0671. The molecule has 170 valence electrons. The molecule has 3 rings (SSSR count). The van der Waals surface area contributed by atoms with E-state index in [9.17, 15) is 5.11 Å². The maximum absolute atomic E-state index is 10.8. The van der Waals surface area contributed by atoms with Crippen LogP contribution in [-0.2, 0) is 19.2 Å². The molecule has 31 heavy (non-hydrogen) atoms. The molecule has 3 N–H and O–H groups in total. The molecule has 1 aliphatic rings. The van der Waals surface area contributed by atoms with Gasteiger partial charge in [-0.3, -0.25) is 9.58 Å². The number of aryl methyl sites for hydroxylation is 2. The highest BCUT2D eigenvalue weighted by Crippen LogP contribution is 2.20. The third-order valence-electron chi connectivity index (χ3n) is 6.01. The number of hydrogen-bond acceptors (Lipinski definition) is 4. The molecule has 2 aromatic rings. The van der Waals surface area contributed by atoms with Crippen molar-refractivity contribution < 1.29 is 5.11 Å². The fraction of sp³-hybridized carbons (Fsp3) is 0.583. The van der Waals surface area contributed by atoms with E-state index in [1.165, 1.54) is 24.0 Å². The first kappa shape index (κ1) is 23.3. The van der Waals surface area contributed by atoms with Crippen LogP contribution in [-0.4, -0.2) is 58.5 Å². The lowest BCUT2D eigenvalue weighted by atomic mass is 9.96. The molecule has 1 aromatic carbocycles. The topological polar surface area (TPSA) is 77.7 Å². The highest BCUT2D eigenvalue weighted by molar-refractivity contribution is 5.79. The van der Waals surface area contributed by atoms with Crippen LogP contribution in [0.3, 0.4) is 0 Å². The maximum Gasteiger partial charge on any atom is 0.191 e. The van der Waals surface area contributed by atoms with Crippen LogP contribution in [0.25, 0.3) is 0 Å². The van der Waals surface area contributed by atoms with Crippen molar-refractivity contribution in [1.82, 2.24) is 25.3 Å². The van der Waals surface area contributed by atoms with Crippen LogP contribution in [0.5, 0.6) is 0 Å². The molecule has 0 spiro atoms. The highest BCUT2D eigenvalue weighted by Gasteiger charge is 2.25. The van der Waals surface area contributed by atoms with Gasteiger partial charge < -0.3 is 15.7 Å². The van der Waals surface area contributed by atoms with Crippen LogP contribution in [0, 0.1) is 12.8 Å². The Balaban J connectivity index is 1.45. The number of aromatic nitrogens is 2. The summed E-state index contributed by atoms with van der Waals surface area (Å²) in [7, 11) is 1.85. The minimum Gasteiger partial charge on any atom is -0.383 e. The summed E-state index contributed by atoms with van der Waals surface area (Å²) in [6, 6.07) is 8.86. The Morgan fingerprint density at radius 1 is 1.23 bits per heavy atom. The zero-order valence-electron chi connectivity index (χ0n) is 19.4. The van der Waals surface area contributed by atoms with Crippen LogP contribution in [0.4, 0.5) is 0 Å². The molecule has 0 amide bonds. The average Bonchev–Trinajstić information content (AvgIpc) is 3.20. The first-order valence-electron chi connectivity index (χ1n) is 11.4. The Morgan fingerprint density at radius 3 is 2.55 bits per heavy atom. The molecule has 0 radical (unpaired) electrons. The molecular weight excluding hydrogens is 388 g/mol. The van der Waals surface area contributed by atoms with E-state index in [0.29, 0.717) is 5.92 Å². The molecule has 1 fully saturated rings. The normalized spacial score (nSPS) is 18.0. The van der Waals surface area contributed by atoms with Crippen molar-refractivity contribution in [2.45, 2.75) is 45.8 Å². The monoisotopic (exact) mass is 426 g/mol. The highest BCUT2D eigenvalue weighted by atomic mass is 16.3. The molecule has 7 nitrogen and oxygen atoms in total. The summed E-state index contributed by atoms with van der Waals surface area (Å²) < 4.78 is 1.70. The lowest BCUT2D eigenvalue weighted by Gasteiger charge is -2.32. The van der Waals surface area contributed by atoms with Gasteiger partial charge in [0.1, 0.15) is 5.60 Å². The van der Waals surface area contributed by atoms with Crippen LogP contribution >= 0.6 is 0 Å². The van der Waals surface area contributed by atoms with Crippen molar-refractivity contribution in [2.75, 3.05) is 32.7 Å². The van der Waals surface area contributed by atoms with E-state index < -0.39 is 5.60 Å². The van der Waals surface area contributed by atoms with E-state index in [2.05, 4.69) is 63.7 Å². The lowest BCUT2D eigenvalue weighted by Crippen LogP contribution is -2.43. The number of piperidine rings is 1. The number of hydrogen-bond donors (Lipinski definition) is 3. The second-order valence-electron chi connectivity index (χ2n) is 8.96. The zero-order valence-corrected chi connectivity index (χ0v) is 19.4. The predicted molar refractivity (Wildman–Crippen MR) is 126 cm³/mol. The summed E-state index contributed by atoms with van der Waals surface area (Å²) in [4.78, 5) is 7.18. The van der Waals surface area contributed by atoms with Gasteiger partial charge in [-0.25, -0.2) is 4.99 Å². The largest absolute Gasteiger partial charge is 0.383 e. The quantitative estimate of drug-likeness (QED) is 0.446. The van der Waals surface area contributed by atoms with Gasteiger partial charge in [-0.2, -0.15) is 5.10 Å². The Kier molecular flexibility index (Phi) is 8.09. The SMILES string of the molecule is CCNC(=NCC(C)(O)c1cnn(C)c1)NCC1CCN(Cc2ccc(C)cc2)CC1. The number of nitrogens with one attached hydrogen (secondary N) is 2. The van der Waals surface area contributed by atoms with Gasteiger partial charge in [0.05, 0.1) is 12.7 Å². The number of aliphatic imine (C=N–C) groups is 1.